The quantitative estimate of drug-likeness (QED) is 0.654. The van der Waals surface area contributed by atoms with Gasteiger partial charge in [0, 0.05) is 18.2 Å². The van der Waals surface area contributed by atoms with Crippen LogP contribution in [0.15, 0.2) is 12.1 Å². The summed E-state index contributed by atoms with van der Waals surface area (Å²) in [6.07, 6.45) is 1.42. The van der Waals surface area contributed by atoms with Gasteiger partial charge in [-0.15, -0.1) is 0 Å². The summed E-state index contributed by atoms with van der Waals surface area (Å²) in [7, 11) is 0. The minimum atomic E-state index is -0.554. The first-order chi connectivity index (χ1) is 10.6. The second-order valence-corrected chi connectivity index (χ2v) is 6.30. The number of nitrogens with zero attached hydrogens (tertiary/aromatic N) is 1. The Labute approximate surface area is 135 Å². The Hall–Kier alpha value is -1.14. The number of aliphatic hydroxyl groups is 1. The number of cyclic esters (lactones) is 1. The Kier molecular flexibility index (Phi) is 4.68. The number of aliphatic hydroxyl groups excluding tert-OH is 1. The zero-order valence-corrected chi connectivity index (χ0v) is 13.4. The van der Waals surface area contributed by atoms with E-state index < -0.39 is 6.10 Å². The molecule has 0 amide bonds. The van der Waals surface area contributed by atoms with E-state index in [2.05, 4.69) is 9.74 Å². The summed E-state index contributed by atoms with van der Waals surface area (Å²) in [5.41, 5.74) is 3.39. The number of β-amino-alcohol motifs (C(OH)–C–C–N with tert-alkyl or cyclic N) is 1. The zero-order valence-electron chi connectivity index (χ0n) is 12.6. The molecule has 1 fully saturated rings. The average molecular weight is 325 g/mol. The van der Waals surface area contributed by atoms with Crippen LogP contribution >= 0.6 is 11.8 Å². The van der Waals surface area contributed by atoms with Crippen LogP contribution in [0, 0.1) is 6.92 Å². The van der Waals surface area contributed by atoms with Crippen LogP contribution in [0.3, 0.4) is 0 Å². The molecule has 2 aliphatic heterocycles. The molecule has 0 unspecified atom stereocenters. The summed E-state index contributed by atoms with van der Waals surface area (Å²) in [5, 5.41) is 10.6. The molecular formula is C16H21ClN2O3. The van der Waals surface area contributed by atoms with Gasteiger partial charge in [-0.2, -0.15) is 0 Å². The van der Waals surface area contributed by atoms with Gasteiger partial charge in [-0.1, -0.05) is 6.07 Å². The van der Waals surface area contributed by atoms with E-state index in [4.69, 9.17) is 16.5 Å². The van der Waals surface area contributed by atoms with Gasteiger partial charge in [-0.3, -0.25) is 0 Å². The molecule has 0 aliphatic carbocycles. The first-order valence-corrected chi connectivity index (χ1v) is 8.04. The molecule has 6 heteroatoms. The predicted molar refractivity (Wildman–Crippen MR) is 83.7 cm³/mol. The van der Waals surface area contributed by atoms with E-state index in [1.165, 1.54) is 0 Å². The Morgan fingerprint density at radius 1 is 1.45 bits per heavy atom. The summed E-state index contributed by atoms with van der Waals surface area (Å²) < 4.78 is 5.06. The Morgan fingerprint density at radius 2 is 2.18 bits per heavy atom. The summed E-state index contributed by atoms with van der Waals surface area (Å²) in [6, 6.07) is 3.97. The van der Waals surface area contributed by atoms with Gasteiger partial charge < -0.3 is 14.7 Å². The van der Waals surface area contributed by atoms with E-state index in [1.807, 2.05) is 13.0 Å². The molecular weight excluding hydrogens is 304 g/mol. The van der Waals surface area contributed by atoms with Crippen molar-refractivity contribution in [3.8, 4) is 0 Å². The highest BCUT2D eigenvalue weighted by atomic mass is 35.5. The molecule has 0 radical (unpaired) electrons. The number of hydrogen-bond acceptors (Lipinski definition) is 5. The normalized spacial score (nSPS) is 20.8. The van der Waals surface area contributed by atoms with Crippen molar-refractivity contribution in [2.24, 2.45) is 0 Å². The first kappa shape index (κ1) is 15.7. The molecule has 0 spiro atoms. The fourth-order valence-electron chi connectivity index (χ4n) is 3.30. The highest BCUT2D eigenvalue weighted by Gasteiger charge is 2.27. The number of benzene rings is 1. The number of fused-ring (bicyclic) bond motifs is 1. The van der Waals surface area contributed by atoms with Gasteiger partial charge in [0.1, 0.15) is 6.61 Å². The molecule has 2 aliphatic rings. The minimum Gasteiger partial charge on any atom is -0.457 e. The van der Waals surface area contributed by atoms with Crippen LogP contribution in [0.1, 0.15) is 46.0 Å². The molecule has 2 N–H and O–H groups in total. The molecule has 0 aromatic heterocycles. The molecule has 1 saturated heterocycles. The third-order valence-electron chi connectivity index (χ3n) is 4.74. The number of hydrogen-bond donors (Lipinski definition) is 2. The Balaban J connectivity index is 1.68. The third kappa shape index (κ3) is 2.99. The molecule has 2 heterocycles. The monoisotopic (exact) mass is 324 g/mol. The first-order valence-electron chi connectivity index (χ1n) is 7.66. The van der Waals surface area contributed by atoms with Crippen molar-refractivity contribution >= 4 is 17.7 Å². The predicted octanol–water partition coefficient (Wildman–Crippen LogP) is 1.91. The van der Waals surface area contributed by atoms with Gasteiger partial charge in [0.15, 0.2) is 0 Å². The maximum Gasteiger partial charge on any atom is 0.338 e. The van der Waals surface area contributed by atoms with Gasteiger partial charge in [0.25, 0.3) is 0 Å². The molecule has 3 rings (SSSR count). The van der Waals surface area contributed by atoms with Crippen molar-refractivity contribution in [2.75, 3.05) is 19.6 Å². The molecule has 1 aromatic carbocycles. The summed E-state index contributed by atoms with van der Waals surface area (Å²) in [5.74, 6) is -0.269. The number of esters is 1. The molecule has 0 bridgehead atoms. The van der Waals surface area contributed by atoms with Gasteiger partial charge in [0.05, 0.1) is 11.7 Å². The van der Waals surface area contributed by atoms with Crippen LogP contribution in [0.2, 0.25) is 0 Å². The number of carbonyl (C=O) groups is 1. The van der Waals surface area contributed by atoms with Crippen LogP contribution in [-0.4, -0.2) is 41.7 Å². The molecule has 5 nitrogen and oxygen atoms in total. The van der Waals surface area contributed by atoms with Gasteiger partial charge >= 0.3 is 5.97 Å². The summed E-state index contributed by atoms with van der Waals surface area (Å²) in [6.45, 7) is 4.71. The van der Waals surface area contributed by atoms with Crippen molar-refractivity contribution in [3.05, 3.63) is 34.4 Å². The van der Waals surface area contributed by atoms with E-state index in [1.54, 1.807) is 6.07 Å². The van der Waals surface area contributed by atoms with Gasteiger partial charge in [-0.05, 0) is 61.8 Å². The number of halogens is 1. The third-order valence-corrected chi connectivity index (χ3v) is 5.05. The number of piperidine rings is 1. The van der Waals surface area contributed by atoms with Crippen LogP contribution in [0.5, 0.6) is 0 Å². The number of likely N-dealkylation sites (tertiary alicyclic amines) is 1. The van der Waals surface area contributed by atoms with Crippen LogP contribution < -0.4 is 4.84 Å². The molecule has 0 saturated carbocycles. The standard InChI is InChI=1S/C16H21ClN2O3/c1-10-12(2-3-13-14(10)9-22-16(13)21)15(20)8-19-6-4-11(18-17)5-7-19/h2-3,11,15,18,20H,4-9H2,1H3/t15-/m0/s1. The maximum atomic E-state index is 11.6. The average Bonchev–Trinajstić information content (AvgIpc) is 2.90. The van der Waals surface area contributed by atoms with Crippen LogP contribution in [-0.2, 0) is 11.3 Å². The lowest BCUT2D eigenvalue weighted by atomic mass is 9.94. The van der Waals surface area contributed by atoms with Crippen molar-refractivity contribution in [3.63, 3.8) is 0 Å². The van der Waals surface area contributed by atoms with Crippen molar-refractivity contribution in [1.29, 1.82) is 0 Å². The molecule has 1 atom stereocenters. The van der Waals surface area contributed by atoms with E-state index in [9.17, 15) is 9.90 Å². The summed E-state index contributed by atoms with van der Waals surface area (Å²) in [4.78, 5) is 16.6. The second-order valence-electron chi connectivity index (χ2n) is 6.08. The lowest BCUT2D eigenvalue weighted by Gasteiger charge is -2.32. The topological polar surface area (TPSA) is 61.8 Å². The second kappa shape index (κ2) is 6.54. The van der Waals surface area contributed by atoms with E-state index in [-0.39, 0.29) is 5.97 Å². The van der Waals surface area contributed by atoms with E-state index in [0.29, 0.717) is 24.8 Å². The fraction of sp³-hybridized carbons (Fsp3) is 0.562. The Bertz CT molecular complexity index is 571. The highest BCUT2D eigenvalue weighted by Crippen LogP contribution is 2.29. The van der Waals surface area contributed by atoms with Crippen molar-refractivity contribution in [2.45, 2.75) is 38.5 Å². The SMILES string of the molecule is Cc1c([C@@H](O)CN2CCC(NCl)CC2)ccc2c1COC2=O. The van der Waals surface area contributed by atoms with Crippen molar-refractivity contribution in [1.82, 2.24) is 9.74 Å². The number of ether oxygens (including phenoxy) is 1. The van der Waals surface area contributed by atoms with Crippen LogP contribution in [0.4, 0.5) is 0 Å². The Morgan fingerprint density at radius 3 is 2.86 bits per heavy atom. The highest BCUT2D eigenvalue weighted by molar-refractivity contribution is 6.13. The molecule has 1 aromatic rings. The maximum absolute atomic E-state index is 11.6. The zero-order chi connectivity index (χ0) is 15.7. The molecule has 120 valence electrons. The number of nitrogens with one attached hydrogen (secondary N) is 1. The molecule has 22 heavy (non-hydrogen) atoms. The van der Waals surface area contributed by atoms with Crippen LogP contribution in [0.25, 0.3) is 0 Å². The lowest BCUT2D eigenvalue weighted by molar-refractivity contribution is 0.0535. The minimum absolute atomic E-state index is 0.269. The smallest absolute Gasteiger partial charge is 0.338 e. The van der Waals surface area contributed by atoms with Gasteiger partial charge in [0.2, 0.25) is 0 Å². The van der Waals surface area contributed by atoms with E-state index >= 15 is 0 Å². The van der Waals surface area contributed by atoms with Gasteiger partial charge in [-0.25, -0.2) is 9.63 Å². The fourth-order valence-corrected chi connectivity index (χ4v) is 3.51. The lowest BCUT2D eigenvalue weighted by Crippen LogP contribution is -2.41. The largest absolute Gasteiger partial charge is 0.457 e. The van der Waals surface area contributed by atoms with E-state index in [0.717, 1.165) is 42.6 Å². The van der Waals surface area contributed by atoms with Crippen molar-refractivity contribution < 1.29 is 14.6 Å². The summed E-state index contributed by atoms with van der Waals surface area (Å²) >= 11 is 5.66. The number of carbonyl (C=O) groups excluding carboxylic acids is 1. The number of rotatable bonds is 4.